The molecule has 0 spiro atoms. The highest BCUT2D eigenvalue weighted by Crippen LogP contribution is 2.36. The van der Waals surface area contributed by atoms with Gasteiger partial charge in [0.25, 0.3) is 0 Å². The summed E-state index contributed by atoms with van der Waals surface area (Å²) in [5.41, 5.74) is 0.109. The number of hydrogen-bond donors (Lipinski definition) is 0. The van der Waals surface area contributed by atoms with Crippen molar-refractivity contribution in [1.29, 1.82) is 0 Å². The van der Waals surface area contributed by atoms with Crippen LogP contribution < -0.4 is 5.46 Å². The molecule has 0 amide bonds. The van der Waals surface area contributed by atoms with Crippen molar-refractivity contribution in [1.82, 2.24) is 0 Å². The monoisotopic (exact) mass is 238 g/mol. The van der Waals surface area contributed by atoms with Gasteiger partial charge in [0.15, 0.2) is 6.29 Å². The van der Waals surface area contributed by atoms with E-state index in [2.05, 4.69) is 0 Å². The van der Waals surface area contributed by atoms with Crippen LogP contribution in [0.3, 0.4) is 0 Å². The highest BCUT2D eigenvalue weighted by molar-refractivity contribution is 7.13. The van der Waals surface area contributed by atoms with E-state index in [-0.39, 0.29) is 11.2 Å². The fourth-order valence-electron chi connectivity index (χ4n) is 1.59. The van der Waals surface area contributed by atoms with E-state index in [1.165, 1.54) is 11.3 Å². The van der Waals surface area contributed by atoms with E-state index in [4.69, 9.17) is 9.31 Å². The molecule has 1 fully saturated rings. The highest BCUT2D eigenvalue weighted by atomic mass is 32.1. The lowest BCUT2D eigenvalue weighted by atomic mass is 9.79. The summed E-state index contributed by atoms with van der Waals surface area (Å²) >= 11 is 1.41. The number of rotatable bonds is 2. The number of hydrogen-bond acceptors (Lipinski definition) is 4. The van der Waals surface area contributed by atoms with Crippen molar-refractivity contribution < 1.29 is 14.1 Å². The predicted molar refractivity (Wildman–Crippen MR) is 65.4 cm³/mol. The van der Waals surface area contributed by atoms with Gasteiger partial charge in [-0.3, -0.25) is 4.79 Å². The first-order chi connectivity index (χ1) is 7.37. The van der Waals surface area contributed by atoms with Crippen molar-refractivity contribution in [3.05, 3.63) is 16.3 Å². The second-order valence-corrected chi connectivity index (χ2v) is 5.89. The molecule has 1 saturated heterocycles. The van der Waals surface area contributed by atoms with Gasteiger partial charge >= 0.3 is 7.12 Å². The van der Waals surface area contributed by atoms with Crippen LogP contribution in [0, 0.1) is 0 Å². The molecule has 0 radical (unpaired) electrons. The Hall–Kier alpha value is -0.645. The molecule has 1 aromatic heterocycles. The second kappa shape index (κ2) is 3.69. The summed E-state index contributed by atoms with van der Waals surface area (Å²) in [5.74, 6) is 0. The van der Waals surface area contributed by atoms with Gasteiger partial charge in [-0.25, -0.2) is 0 Å². The standard InChI is InChI=1S/C11H15BO3S/c1-10(2)11(3,4)15-12(14-10)8-5-6-16-9(8)7-13/h5-7H,1-4H3. The molecule has 1 aromatic rings. The van der Waals surface area contributed by atoms with E-state index in [0.717, 1.165) is 11.7 Å². The average Bonchev–Trinajstić information content (AvgIpc) is 2.69. The Labute approximate surface area is 99.9 Å². The maximum atomic E-state index is 10.9. The van der Waals surface area contributed by atoms with E-state index >= 15 is 0 Å². The molecule has 5 heteroatoms. The molecule has 2 rings (SSSR count). The predicted octanol–water partition coefficient (Wildman–Crippen LogP) is 1.86. The quantitative estimate of drug-likeness (QED) is 0.582. The second-order valence-electron chi connectivity index (χ2n) is 4.95. The first kappa shape index (κ1) is 11.8. The minimum absolute atomic E-state index is 0.361. The van der Waals surface area contributed by atoms with Gasteiger partial charge in [-0.2, -0.15) is 0 Å². The van der Waals surface area contributed by atoms with Crippen LogP contribution in [0.1, 0.15) is 37.4 Å². The average molecular weight is 238 g/mol. The van der Waals surface area contributed by atoms with E-state index in [9.17, 15) is 4.79 Å². The molecule has 1 aliphatic rings. The molecule has 0 bridgehead atoms. The molecular formula is C11H15BO3S. The van der Waals surface area contributed by atoms with Crippen LogP contribution in [0.5, 0.6) is 0 Å². The summed E-state index contributed by atoms with van der Waals surface area (Å²) in [5, 5.41) is 1.88. The normalized spacial score (nSPS) is 22.4. The molecule has 0 N–H and O–H groups in total. The Balaban J connectivity index is 2.30. The third-order valence-electron chi connectivity index (χ3n) is 3.34. The molecule has 0 unspecified atom stereocenters. The lowest BCUT2D eigenvalue weighted by molar-refractivity contribution is 0.00578. The Bertz CT molecular complexity index is 395. The van der Waals surface area contributed by atoms with Gasteiger partial charge in [0.2, 0.25) is 0 Å². The fraction of sp³-hybridized carbons (Fsp3) is 0.545. The molecular weight excluding hydrogens is 223 g/mol. The molecule has 16 heavy (non-hydrogen) atoms. The lowest BCUT2D eigenvalue weighted by Gasteiger charge is -2.32. The topological polar surface area (TPSA) is 35.5 Å². The summed E-state index contributed by atoms with van der Waals surface area (Å²) in [4.78, 5) is 11.5. The van der Waals surface area contributed by atoms with Gasteiger partial charge in [-0.15, -0.1) is 11.3 Å². The summed E-state index contributed by atoms with van der Waals surface area (Å²) in [7, 11) is -0.434. The van der Waals surface area contributed by atoms with Gasteiger partial charge in [-0.1, -0.05) is 6.07 Å². The van der Waals surface area contributed by atoms with Crippen LogP contribution in [-0.4, -0.2) is 24.6 Å². The zero-order valence-electron chi connectivity index (χ0n) is 9.94. The minimum Gasteiger partial charge on any atom is -0.399 e. The van der Waals surface area contributed by atoms with Crippen LogP contribution >= 0.6 is 11.3 Å². The molecule has 0 saturated carbocycles. The highest BCUT2D eigenvalue weighted by Gasteiger charge is 2.52. The van der Waals surface area contributed by atoms with Crippen molar-refractivity contribution in [3.63, 3.8) is 0 Å². The van der Waals surface area contributed by atoms with Crippen LogP contribution in [-0.2, 0) is 9.31 Å². The number of thiophene rings is 1. The Morgan fingerprint density at radius 3 is 2.31 bits per heavy atom. The zero-order chi connectivity index (χ0) is 12.0. The van der Waals surface area contributed by atoms with E-state index in [0.29, 0.717) is 4.88 Å². The number of carbonyl (C=O) groups is 1. The molecule has 1 aliphatic heterocycles. The van der Waals surface area contributed by atoms with Gasteiger partial charge < -0.3 is 9.31 Å². The molecule has 2 heterocycles. The summed E-state index contributed by atoms with van der Waals surface area (Å²) < 4.78 is 11.8. The van der Waals surface area contributed by atoms with Gasteiger partial charge in [0.05, 0.1) is 16.1 Å². The minimum atomic E-state index is -0.434. The van der Waals surface area contributed by atoms with Crippen LogP contribution in [0.2, 0.25) is 0 Å². The van der Waals surface area contributed by atoms with Gasteiger partial charge in [0, 0.05) is 5.46 Å². The molecule has 86 valence electrons. The van der Waals surface area contributed by atoms with Crippen molar-refractivity contribution in [3.8, 4) is 0 Å². The fourth-order valence-corrected chi connectivity index (χ4v) is 2.31. The first-order valence-electron chi connectivity index (χ1n) is 5.25. The van der Waals surface area contributed by atoms with Crippen molar-refractivity contribution in [2.45, 2.75) is 38.9 Å². The molecule has 0 atom stereocenters. The molecule has 3 nitrogen and oxygen atoms in total. The Morgan fingerprint density at radius 1 is 1.25 bits per heavy atom. The third kappa shape index (κ3) is 1.73. The van der Waals surface area contributed by atoms with Gasteiger partial charge in [-0.05, 0) is 33.1 Å². The molecule has 0 aliphatic carbocycles. The van der Waals surface area contributed by atoms with Crippen LogP contribution in [0.15, 0.2) is 11.4 Å². The van der Waals surface area contributed by atoms with Crippen LogP contribution in [0.4, 0.5) is 0 Å². The summed E-state index contributed by atoms with van der Waals surface area (Å²) in [6.07, 6.45) is 0.852. The Kier molecular flexibility index (Phi) is 2.73. The zero-order valence-corrected chi connectivity index (χ0v) is 10.8. The van der Waals surface area contributed by atoms with E-state index in [1.807, 2.05) is 39.1 Å². The van der Waals surface area contributed by atoms with Crippen LogP contribution in [0.25, 0.3) is 0 Å². The maximum absolute atomic E-state index is 10.9. The number of carbonyl (C=O) groups excluding carboxylic acids is 1. The van der Waals surface area contributed by atoms with Gasteiger partial charge in [0.1, 0.15) is 0 Å². The van der Waals surface area contributed by atoms with Crippen molar-refractivity contribution in [2.75, 3.05) is 0 Å². The smallest absolute Gasteiger partial charge is 0.399 e. The van der Waals surface area contributed by atoms with E-state index < -0.39 is 7.12 Å². The van der Waals surface area contributed by atoms with Crippen molar-refractivity contribution >= 4 is 30.2 Å². The van der Waals surface area contributed by atoms with E-state index in [1.54, 1.807) is 0 Å². The Morgan fingerprint density at radius 2 is 1.81 bits per heavy atom. The molecule has 0 aromatic carbocycles. The SMILES string of the molecule is CC1(C)OB(c2ccsc2C=O)OC1(C)C. The maximum Gasteiger partial charge on any atom is 0.496 e. The lowest BCUT2D eigenvalue weighted by Crippen LogP contribution is -2.41. The first-order valence-corrected chi connectivity index (χ1v) is 6.13. The number of aldehydes is 1. The summed E-state index contributed by atoms with van der Waals surface area (Å²) in [6, 6.07) is 1.89. The summed E-state index contributed by atoms with van der Waals surface area (Å²) in [6.45, 7) is 8.00. The van der Waals surface area contributed by atoms with Crippen molar-refractivity contribution in [2.24, 2.45) is 0 Å². The third-order valence-corrected chi connectivity index (χ3v) is 4.20. The largest absolute Gasteiger partial charge is 0.496 e.